The number of rotatable bonds is 5. The minimum absolute atomic E-state index is 0.644. The van der Waals surface area contributed by atoms with E-state index in [-0.39, 0.29) is 0 Å². The zero-order valence-electron chi connectivity index (χ0n) is 13.9. The van der Waals surface area contributed by atoms with Crippen LogP contribution in [0.5, 0.6) is 0 Å². The van der Waals surface area contributed by atoms with Crippen molar-refractivity contribution in [3.63, 3.8) is 0 Å². The van der Waals surface area contributed by atoms with Crippen LogP contribution in [0.1, 0.15) is 6.92 Å². The highest BCUT2D eigenvalue weighted by Crippen LogP contribution is 2.29. The molecule has 2 heterocycles. The van der Waals surface area contributed by atoms with E-state index in [1.165, 1.54) is 0 Å². The molecule has 7 N–H and O–H groups in total. The molecule has 12 heteroatoms. The summed E-state index contributed by atoms with van der Waals surface area (Å²) in [6, 6.07) is -1.51. The summed E-state index contributed by atoms with van der Waals surface area (Å²) in [6.07, 6.45) is -14.6. The highest BCUT2D eigenvalue weighted by atomic mass is 19.1. The SMILES string of the molecule is CC(=O)NC1C(F)OC(CO)[C@@H](O[C@@H]2OC(CO)[C@H](O)[C@H](O)C2O)[C@@H]1O. The van der Waals surface area contributed by atoms with Crippen LogP contribution >= 0.6 is 0 Å². The summed E-state index contributed by atoms with van der Waals surface area (Å²) in [5.41, 5.74) is 0. The van der Waals surface area contributed by atoms with Gasteiger partial charge in [-0.25, -0.2) is 4.39 Å². The van der Waals surface area contributed by atoms with Crippen LogP contribution in [-0.4, -0.2) is 111 Å². The van der Waals surface area contributed by atoms with Gasteiger partial charge in [-0.2, -0.15) is 0 Å². The van der Waals surface area contributed by atoms with Gasteiger partial charge in [0.2, 0.25) is 12.3 Å². The minimum Gasteiger partial charge on any atom is -0.394 e. The molecule has 0 bridgehead atoms. The van der Waals surface area contributed by atoms with E-state index in [4.69, 9.17) is 14.2 Å². The molecular weight excluding hydrogens is 361 g/mol. The molecule has 11 nitrogen and oxygen atoms in total. The Morgan fingerprint density at radius 2 is 1.62 bits per heavy atom. The quantitative estimate of drug-likeness (QED) is 0.245. The minimum atomic E-state index is -2.12. The number of carbonyl (C=O) groups is 1. The van der Waals surface area contributed by atoms with Gasteiger partial charge < -0.3 is 50.2 Å². The number of amides is 1. The number of nitrogens with one attached hydrogen (secondary N) is 1. The zero-order valence-corrected chi connectivity index (χ0v) is 13.9. The Bertz CT molecular complexity index is 483. The number of aliphatic hydroxyl groups excluding tert-OH is 6. The molecule has 5 unspecified atom stereocenters. The van der Waals surface area contributed by atoms with Crippen LogP contribution in [0.25, 0.3) is 0 Å². The van der Waals surface area contributed by atoms with Crippen LogP contribution in [0.15, 0.2) is 0 Å². The lowest BCUT2D eigenvalue weighted by Gasteiger charge is -2.45. The van der Waals surface area contributed by atoms with Gasteiger partial charge in [-0.15, -0.1) is 0 Å². The van der Waals surface area contributed by atoms with Gasteiger partial charge in [-0.1, -0.05) is 0 Å². The number of hydrogen-bond donors (Lipinski definition) is 7. The van der Waals surface area contributed by atoms with Crippen molar-refractivity contribution < 1.29 is 54.0 Å². The molecule has 2 aliphatic heterocycles. The fourth-order valence-corrected chi connectivity index (χ4v) is 2.94. The first kappa shape index (κ1) is 21.3. The Balaban J connectivity index is 2.16. The van der Waals surface area contributed by atoms with Crippen molar-refractivity contribution in [3.05, 3.63) is 0 Å². The highest BCUT2D eigenvalue weighted by Gasteiger charge is 2.51. The molecular formula is C14H24FNO10. The van der Waals surface area contributed by atoms with Crippen molar-refractivity contribution in [2.45, 2.75) is 68.3 Å². The summed E-state index contributed by atoms with van der Waals surface area (Å²) in [5, 5.41) is 60.5. The van der Waals surface area contributed by atoms with E-state index in [2.05, 4.69) is 5.32 Å². The van der Waals surface area contributed by atoms with Crippen LogP contribution in [0.2, 0.25) is 0 Å². The lowest BCUT2D eigenvalue weighted by atomic mass is 9.96. The van der Waals surface area contributed by atoms with Crippen molar-refractivity contribution in [2.24, 2.45) is 0 Å². The third-order valence-electron chi connectivity index (χ3n) is 4.35. The largest absolute Gasteiger partial charge is 0.394 e. The standard InChI is InChI=1S/C14H24FNO10/c1-4(19)16-7-9(21)12(6(3-18)24-13(7)15)26-14-11(23)10(22)8(20)5(2-17)25-14/h5-14,17-18,20-23H,2-3H2,1H3,(H,16,19)/t5?,6?,7?,8-,9+,10-,11?,12+,13?,14-/m0/s1. The van der Waals surface area contributed by atoms with Gasteiger partial charge in [0.15, 0.2) is 6.29 Å². The summed E-state index contributed by atoms with van der Waals surface area (Å²) in [4.78, 5) is 11.2. The Hall–Kier alpha value is -0.960. The average molecular weight is 385 g/mol. The molecule has 0 spiro atoms. The van der Waals surface area contributed by atoms with Crippen LogP contribution in [0.3, 0.4) is 0 Å². The summed E-state index contributed by atoms with van der Waals surface area (Å²) in [7, 11) is 0. The second-order valence-electron chi connectivity index (χ2n) is 6.22. The van der Waals surface area contributed by atoms with Crippen molar-refractivity contribution in [1.82, 2.24) is 5.32 Å². The summed E-state index contributed by atoms with van der Waals surface area (Å²) >= 11 is 0. The van der Waals surface area contributed by atoms with Gasteiger partial charge in [-0.3, -0.25) is 4.79 Å². The second kappa shape index (κ2) is 8.82. The van der Waals surface area contributed by atoms with Gasteiger partial charge >= 0.3 is 0 Å². The predicted molar refractivity (Wildman–Crippen MR) is 79.1 cm³/mol. The van der Waals surface area contributed by atoms with Crippen LogP contribution < -0.4 is 5.32 Å². The molecule has 2 rings (SSSR count). The van der Waals surface area contributed by atoms with Gasteiger partial charge in [0.25, 0.3) is 0 Å². The Morgan fingerprint density at radius 3 is 2.15 bits per heavy atom. The number of alkyl halides is 1. The van der Waals surface area contributed by atoms with Crippen molar-refractivity contribution in [3.8, 4) is 0 Å². The first-order valence-electron chi connectivity index (χ1n) is 8.02. The Kier molecular flexibility index (Phi) is 7.24. The average Bonchev–Trinajstić information content (AvgIpc) is 2.60. The van der Waals surface area contributed by atoms with E-state index in [9.17, 15) is 39.8 Å². The molecule has 0 aromatic rings. The highest BCUT2D eigenvalue weighted by molar-refractivity contribution is 5.73. The second-order valence-corrected chi connectivity index (χ2v) is 6.22. The van der Waals surface area contributed by atoms with Gasteiger partial charge in [0, 0.05) is 6.92 Å². The van der Waals surface area contributed by atoms with Gasteiger partial charge in [0.1, 0.15) is 48.8 Å². The van der Waals surface area contributed by atoms with E-state index >= 15 is 0 Å². The van der Waals surface area contributed by atoms with E-state index in [0.29, 0.717) is 0 Å². The molecule has 26 heavy (non-hydrogen) atoms. The maximum Gasteiger partial charge on any atom is 0.222 e. The first-order valence-corrected chi connectivity index (χ1v) is 8.02. The van der Waals surface area contributed by atoms with Crippen molar-refractivity contribution in [1.29, 1.82) is 0 Å². The zero-order chi connectivity index (χ0) is 19.6. The molecule has 2 aliphatic rings. The fourth-order valence-electron chi connectivity index (χ4n) is 2.94. The van der Waals surface area contributed by atoms with E-state index in [1.807, 2.05) is 0 Å². The lowest BCUT2D eigenvalue weighted by Crippen LogP contribution is -2.66. The predicted octanol–water partition coefficient (Wildman–Crippen LogP) is -4.28. The normalized spacial score (nSPS) is 46.8. The molecule has 152 valence electrons. The maximum absolute atomic E-state index is 14.0. The smallest absolute Gasteiger partial charge is 0.222 e. The fraction of sp³-hybridized carbons (Fsp3) is 0.929. The topological polar surface area (TPSA) is 178 Å². The number of ether oxygens (including phenoxy) is 3. The molecule has 2 fully saturated rings. The molecule has 1 amide bonds. The molecule has 2 saturated heterocycles. The van der Waals surface area contributed by atoms with E-state index < -0.39 is 80.5 Å². The van der Waals surface area contributed by atoms with E-state index in [0.717, 1.165) is 6.92 Å². The monoisotopic (exact) mass is 385 g/mol. The number of carbonyl (C=O) groups excluding carboxylic acids is 1. The molecule has 0 aromatic carbocycles. The molecule has 10 atom stereocenters. The first-order chi connectivity index (χ1) is 12.2. The molecule has 0 aromatic heterocycles. The third-order valence-corrected chi connectivity index (χ3v) is 4.35. The Labute approximate surface area is 147 Å². The van der Waals surface area contributed by atoms with Crippen molar-refractivity contribution >= 4 is 5.91 Å². The number of hydrogen-bond acceptors (Lipinski definition) is 10. The van der Waals surface area contributed by atoms with Crippen LogP contribution in [0.4, 0.5) is 4.39 Å². The number of aliphatic hydroxyl groups is 6. The van der Waals surface area contributed by atoms with E-state index in [1.54, 1.807) is 0 Å². The van der Waals surface area contributed by atoms with Crippen LogP contribution in [0, 0.1) is 0 Å². The molecule has 0 radical (unpaired) electrons. The van der Waals surface area contributed by atoms with Crippen molar-refractivity contribution in [2.75, 3.05) is 13.2 Å². The summed E-state index contributed by atoms with van der Waals surface area (Å²) in [5.74, 6) is -0.644. The Morgan fingerprint density at radius 1 is 1.00 bits per heavy atom. The van der Waals surface area contributed by atoms with Crippen LogP contribution in [-0.2, 0) is 19.0 Å². The lowest BCUT2D eigenvalue weighted by molar-refractivity contribution is -0.341. The third kappa shape index (κ3) is 4.30. The summed E-state index contributed by atoms with van der Waals surface area (Å²) in [6.45, 7) is -0.351. The summed E-state index contributed by atoms with van der Waals surface area (Å²) < 4.78 is 29.4. The number of halogens is 1. The molecule has 0 aliphatic carbocycles. The molecule has 0 saturated carbocycles. The van der Waals surface area contributed by atoms with Gasteiger partial charge in [-0.05, 0) is 0 Å². The van der Waals surface area contributed by atoms with Gasteiger partial charge in [0.05, 0.1) is 13.2 Å². The maximum atomic E-state index is 14.0.